The molecule has 0 bridgehead atoms. The number of halogens is 2. The van der Waals surface area contributed by atoms with Crippen LogP contribution in [0, 0.1) is 0 Å². The number of sulfonamides is 1. The number of nitrogens with one attached hydrogen (secondary N) is 1. The molecule has 1 aromatic carbocycles. The Balaban J connectivity index is 2.55. The van der Waals surface area contributed by atoms with Crippen LogP contribution in [-0.4, -0.2) is 41.9 Å². The maximum absolute atomic E-state index is 12.1. The number of nitrogens with two attached hydrogens (primary N) is 1. The molecule has 3 N–H and O–H groups in total. The zero-order valence-electron chi connectivity index (χ0n) is 11.6. The van der Waals surface area contributed by atoms with Crippen LogP contribution < -0.4 is 10.5 Å². The topological polar surface area (TPSA) is 90.6 Å². The monoisotopic (exact) mass is 356 g/mol. The molecular weight excluding hydrogens is 339 g/mol. The van der Waals surface area contributed by atoms with Crippen molar-refractivity contribution in [3.8, 4) is 0 Å². The minimum Gasteiger partial charge on any atom is -0.399 e. The Morgan fingerprint density at radius 2 is 1.81 bits per heavy atom. The lowest BCUT2D eigenvalue weighted by atomic mass is 10.3. The van der Waals surface area contributed by atoms with E-state index in [-0.39, 0.29) is 21.5 Å². The first-order valence-corrected chi connectivity index (χ1v) is 8.43. The zero-order chi connectivity index (χ0) is 15.9. The molecule has 0 atom stereocenters. The van der Waals surface area contributed by atoms with E-state index in [1.54, 1.807) is 7.11 Å². The SMILES string of the molecule is COCCOCCCNS(=O)(=O)c1c(Cl)cc(N)cc1Cl. The van der Waals surface area contributed by atoms with Crippen LogP contribution >= 0.6 is 23.2 Å². The van der Waals surface area contributed by atoms with Gasteiger partial charge in [0.1, 0.15) is 4.90 Å². The van der Waals surface area contributed by atoms with E-state index in [0.717, 1.165) is 0 Å². The molecule has 1 aromatic rings. The lowest BCUT2D eigenvalue weighted by Crippen LogP contribution is -2.26. The number of nitrogen functional groups attached to an aromatic ring is 1. The summed E-state index contributed by atoms with van der Waals surface area (Å²) in [6, 6.07) is 2.69. The van der Waals surface area contributed by atoms with Gasteiger partial charge >= 0.3 is 0 Å². The van der Waals surface area contributed by atoms with E-state index in [9.17, 15) is 8.42 Å². The van der Waals surface area contributed by atoms with Gasteiger partial charge in [-0.2, -0.15) is 0 Å². The summed E-state index contributed by atoms with van der Waals surface area (Å²) >= 11 is 11.8. The van der Waals surface area contributed by atoms with Gasteiger partial charge in [-0.25, -0.2) is 13.1 Å². The molecule has 0 saturated carbocycles. The minimum atomic E-state index is -3.79. The standard InChI is InChI=1S/C12H18Cl2N2O4S/c1-19-5-6-20-4-2-3-16-21(17,18)12-10(13)7-9(15)8-11(12)14/h7-8,16H,2-6,15H2,1H3. The summed E-state index contributed by atoms with van der Waals surface area (Å²) in [6.45, 7) is 1.61. The van der Waals surface area contributed by atoms with Gasteiger partial charge in [-0.3, -0.25) is 0 Å². The summed E-state index contributed by atoms with van der Waals surface area (Å²) in [4.78, 5) is -0.166. The van der Waals surface area contributed by atoms with Crippen molar-refractivity contribution >= 4 is 38.9 Å². The fraction of sp³-hybridized carbons (Fsp3) is 0.500. The molecule has 0 saturated heterocycles. The molecule has 0 aromatic heterocycles. The summed E-state index contributed by atoms with van der Waals surface area (Å²) < 4.78 is 36.7. The van der Waals surface area contributed by atoms with E-state index in [4.69, 9.17) is 38.4 Å². The zero-order valence-corrected chi connectivity index (χ0v) is 13.9. The average molecular weight is 357 g/mol. The molecule has 6 nitrogen and oxygen atoms in total. The Morgan fingerprint density at radius 1 is 1.19 bits per heavy atom. The first-order chi connectivity index (χ1) is 9.88. The lowest BCUT2D eigenvalue weighted by molar-refractivity contribution is 0.0699. The second-order valence-corrected chi connectivity index (χ2v) is 6.69. The van der Waals surface area contributed by atoms with Gasteiger partial charge in [0, 0.05) is 25.9 Å². The quantitative estimate of drug-likeness (QED) is 0.520. The van der Waals surface area contributed by atoms with Crippen molar-refractivity contribution in [2.75, 3.05) is 39.2 Å². The summed E-state index contributed by atoms with van der Waals surface area (Å²) in [5.41, 5.74) is 5.84. The van der Waals surface area contributed by atoms with E-state index in [0.29, 0.717) is 31.9 Å². The normalized spacial score (nSPS) is 11.8. The fourth-order valence-electron chi connectivity index (χ4n) is 1.53. The summed E-state index contributed by atoms with van der Waals surface area (Å²) in [5.74, 6) is 0. The highest BCUT2D eigenvalue weighted by atomic mass is 35.5. The van der Waals surface area contributed by atoms with Crippen molar-refractivity contribution < 1.29 is 17.9 Å². The van der Waals surface area contributed by atoms with Gasteiger partial charge in [0.05, 0.1) is 23.3 Å². The number of benzene rings is 1. The molecule has 120 valence electrons. The maximum atomic E-state index is 12.1. The summed E-state index contributed by atoms with van der Waals surface area (Å²) in [6.07, 6.45) is 0.521. The molecule has 0 radical (unpaired) electrons. The lowest BCUT2D eigenvalue weighted by Gasteiger charge is -2.11. The molecular formula is C12H18Cl2N2O4S. The summed E-state index contributed by atoms with van der Waals surface area (Å²) in [5, 5.41) is -0.0207. The van der Waals surface area contributed by atoms with Gasteiger partial charge < -0.3 is 15.2 Å². The largest absolute Gasteiger partial charge is 0.399 e. The van der Waals surface area contributed by atoms with Gasteiger partial charge in [-0.15, -0.1) is 0 Å². The van der Waals surface area contributed by atoms with Crippen molar-refractivity contribution in [2.24, 2.45) is 0 Å². The first kappa shape index (κ1) is 18.5. The van der Waals surface area contributed by atoms with Crippen LogP contribution in [0.3, 0.4) is 0 Å². The van der Waals surface area contributed by atoms with Crippen LogP contribution in [-0.2, 0) is 19.5 Å². The van der Waals surface area contributed by atoms with Crippen LogP contribution in [0.2, 0.25) is 10.0 Å². The molecule has 21 heavy (non-hydrogen) atoms. The highest BCUT2D eigenvalue weighted by molar-refractivity contribution is 7.89. The second-order valence-electron chi connectivity index (χ2n) is 4.17. The van der Waals surface area contributed by atoms with Crippen molar-refractivity contribution in [1.82, 2.24) is 4.72 Å². The van der Waals surface area contributed by atoms with Crippen molar-refractivity contribution in [2.45, 2.75) is 11.3 Å². The van der Waals surface area contributed by atoms with Gasteiger partial charge in [0.15, 0.2) is 0 Å². The van der Waals surface area contributed by atoms with Gasteiger partial charge in [0.25, 0.3) is 0 Å². The highest BCUT2D eigenvalue weighted by Gasteiger charge is 2.21. The third-order valence-corrected chi connectivity index (χ3v) is 4.86. The third kappa shape index (κ3) is 5.98. The number of methoxy groups -OCH3 is 1. The predicted molar refractivity (Wildman–Crippen MR) is 83.4 cm³/mol. The molecule has 1 rings (SSSR count). The molecule has 0 fully saturated rings. The Labute approximate surface area is 134 Å². The van der Waals surface area contributed by atoms with Crippen LogP contribution in [0.25, 0.3) is 0 Å². The third-order valence-electron chi connectivity index (χ3n) is 2.48. The molecule has 0 aliphatic heterocycles. The predicted octanol–water partition coefficient (Wildman–Crippen LogP) is 1.91. The Kier molecular flexibility index (Phi) is 7.72. The Morgan fingerprint density at radius 3 is 2.38 bits per heavy atom. The van der Waals surface area contributed by atoms with E-state index in [2.05, 4.69) is 4.72 Å². The molecule has 0 aliphatic rings. The molecule has 0 unspecified atom stereocenters. The van der Waals surface area contributed by atoms with Gasteiger partial charge in [-0.1, -0.05) is 23.2 Å². The van der Waals surface area contributed by atoms with Crippen molar-refractivity contribution in [1.29, 1.82) is 0 Å². The van der Waals surface area contributed by atoms with E-state index >= 15 is 0 Å². The van der Waals surface area contributed by atoms with Gasteiger partial charge in [0.2, 0.25) is 10.0 Å². The van der Waals surface area contributed by atoms with Crippen LogP contribution in [0.15, 0.2) is 17.0 Å². The molecule has 0 amide bonds. The minimum absolute atomic E-state index is 0.0103. The van der Waals surface area contributed by atoms with Crippen LogP contribution in [0.1, 0.15) is 6.42 Å². The van der Waals surface area contributed by atoms with Crippen LogP contribution in [0.4, 0.5) is 5.69 Å². The molecule has 0 aliphatic carbocycles. The average Bonchev–Trinajstić information content (AvgIpc) is 2.35. The van der Waals surface area contributed by atoms with Crippen LogP contribution in [0.5, 0.6) is 0 Å². The first-order valence-electron chi connectivity index (χ1n) is 6.19. The number of hydrogen-bond acceptors (Lipinski definition) is 5. The molecule has 9 heteroatoms. The smallest absolute Gasteiger partial charge is 0.243 e. The molecule has 0 heterocycles. The Bertz CT molecular complexity index is 543. The van der Waals surface area contributed by atoms with Crippen molar-refractivity contribution in [3.63, 3.8) is 0 Å². The maximum Gasteiger partial charge on any atom is 0.243 e. The second kappa shape index (κ2) is 8.77. The number of ether oxygens (including phenoxy) is 2. The number of anilines is 1. The fourth-order valence-corrected chi connectivity index (χ4v) is 3.84. The Hall–Kier alpha value is -0.570. The summed E-state index contributed by atoms with van der Waals surface area (Å²) in [7, 11) is -2.20. The van der Waals surface area contributed by atoms with Crippen molar-refractivity contribution in [3.05, 3.63) is 22.2 Å². The molecule has 0 spiro atoms. The number of rotatable bonds is 9. The van der Waals surface area contributed by atoms with E-state index in [1.807, 2.05) is 0 Å². The van der Waals surface area contributed by atoms with E-state index in [1.165, 1.54) is 12.1 Å². The van der Waals surface area contributed by atoms with Gasteiger partial charge in [-0.05, 0) is 18.6 Å². The number of hydrogen-bond donors (Lipinski definition) is 2. The van der Waals surface area contributed by atoms with E-state index < -0.39 is 10.0 Å². The highest BCUT2D eigenvalue weighted by Crippen LogP contribution is 2.31.